The van der Waals surface area contributed by atoms with Crippen LogP contribution in [0, 0.1) is 0 Å². The molecule has 0 spiro atoms. The smallest absolute Gasteiger partial charge is 0.490 e. The molecule has 6 heteroatoms. The molecule has 0 saturated heterocycles. The van der Waals surface area contributed by atoms with Gasteiger partial charge >= 0.3 is 7.12 Å². The molecule has 0 radical (unpaired) electrons. The summed E-state index contributed by atoms with van der Waals surface area (Å²) in [4.78, 5) is 0. The second kappa shape index (κ2) is 3.93. The Labute approximate surface area is 98.8 Å². The molecule has 16 heavy (non-hydrogen) atoms. The minimum absolute atomic E-state index is 0.127. The highest BCUT2D eigenvalue weighted by atomic mass is 35.5. The first-order valence-electron chi connectivity index (χ1n) is 5.23. The van der Waals surface area contributed by atoms with E-state index in [9.17, 15) is 0 Å². The van der Waals surface area contributed by atoms with Crippen LogP contribution in [0.2, 0.25) is 5.02 Å². The molecule has 2 aliphatic heterocycles. The monoisotopic (exact) mass is 239 g/mol. The maximum absolute atomic E-state index is 6.10. The van der Waals surface area contributed by atoms with E-state index >= 15 is 0 Å². The summed E-state index contributed by atoms with van der Waals surface area (Å²) < 4.78 is 16.9. The second-order valence-electron chi connectivity index (χ2n) is 3.79. The van der Waals surface area contributed by atoms with Crippen LogP contribution in [0.5, 0.6) is 5.75 Å². The summed E-state index contributed by atoms with van der Waals surface area (Å²) in [7, 11) is -0.389. The lowest BCUT2D eigenvalue weighted by molar-refractivity contribution is 0.148. The minimum Gasteiger partial charge on any atom is -0.490 e. The lowest BCUT2D eigenvalue weighted by Crippen LogP contribution is -2.31. The molecule has 0 aliphatic carbocycles. The van der Waals surface area contributed by atoms with E-state index in [1.165, 1.54) is 0 Å². The molecule has 0 unspecified atom stereocenters. The number of hydrogen-bond donors (Lipinski definition) is 1. The number of ether oxygens (including phenoxy) is 1. The number of benzene rings is 1. The van der Waals surface area contributed by atoms with Crippen molar-refractivity contribution in [2.45, 2.75) is 6.10 Å². The van der Waals surface area contributed by atoms with Gasteiger partial charge in [0.15, 0.2) is 0 Å². The first kappa shape index (κ1) is 10.4. The van der Waals surface area contributed by atoms with Gasteiger partial charge in [0, 0.05) is 12.0 Å². The van der Waals surface area contributed by atoms with Crippen molar-refractivity contribution >= 4 is 24.2 Å². The largest absolute Gasteiger partial charge is 0.498 e. The summed E-state index contributed by atoms with van der Waals surface area (Å²) in [6, 6.07) is 3.74. The number of halogens is 1. The maximum Gasteiger partial charge on any atom is 0.498 e. The molecule has 1 atom stereocenters. The Hall–Kier alpha value is -0.745. The normalized spacial score (nSPS) is 22.6. The van der Waals surface area contributed by atoms with Crippen molar-refractivity contribution in [1.29, 1.82) is 0 Å². The highest BCUT2D eigenvalue weighted by Gasteiger charge is 2.41. The van der Waals surface area contributed by atoms with Gasteiger partial charge in [-0.25, -0.2) is 0 Å². The van der Waals surface area contributed by atoms with E-state index in [2.05, 4.69) is 0 Å². The highest BCUT2D eigenvalue weighted by molar-refractivity contribution is 6.64. The quantitative estimate of drug-likeness (QED) is 0.724. The van der Waals surface area contributed by atoms with E-state index in [-0.39, 0.29) is 13.2 Å². The van der Waals surface area contributed by atoms with Gasteiger partial charge in [-0.3, -0.25) is 0 Å². The molecule has 2 aliphatic rings. The molecule has 1 aromatic carbocycles. The molecule has 4 nitrogen and oxygen atoms in total. The van der Waals surface area contributed by atoms with E-state index in [0.717, 1.165) is 11.0 Å². The van der Waals surface area contributed by atoms with Crippen LogP contribution in [-0.2, 0) is 9.31 Å². The van der Waals surface area contributed by atoms with Crippen molar-refractivity contribution in [2.75, 3.05) is 19.8 Å². The number of nitrogens with two attached hydrogens (primary N) is 1. The van der Waals surface area contributed by atoms with Gasteiger partial charge in [0.2, 0.25) is 0 Å². The summed E-state index contributed by atoms with van der Waals surface area (Å²) in [5.74, 6) is 0.678. The predicted octanol–water partition coefficient (Wildman–Crippen LogP) is 0.474. The minimum atomic E-state index is -0.389. The zero-order chi connectivity index (χ0) is 11.1. The van der Waals surface area contributed by atoms with Crippen molar-refractivity contribution in [3.05, 3.63) is 22.7 Å². The molecule has 0 amide bonds. The Morgan fingerprint density at radius 1 is 1.44 bits per heavy atom. The summed E-state index contributed by atoms with van der Waals surface area (Å²) in [6.45, 7) is 1.41. The highest BCUT2D eigenvalue weighted by Crippen LogP contribution is 2.33. The Morgan fingerprint density at radius 3 is 3.12 bits per heavy atom. The third-order valence-corrected chi connectivity index (χ3v) is 3.16. The average Bonchev–Trinajstić information content (AvgIpc) is 2.50. The Balaban J connectivity index is 2.16. The van der Waals surface area contributed by atoms with Crippen molar-refractivity contribution in [2.24, 2.45) is 5.73 Å². The predicted molar refractivity (Wildman–Crippen MR) is 61.2 cm³/mol. The Kier molecular flexibility index (Phi) is 2.56. The van der Waals surface area contributed by atoms with E-state index < -0.39 is 0 Å². The lowest BCUT2D eigenvalue weighted by Gasteiger charge is -2.12. The van der Waals surface area contributed by atoms with Crippen LogP contribution in [0.4, 0.5) is 0 Å². The van der Waals surface area contributed by atoms with Gasteiger partial charge in [0.25, 0.3) is 0 Å². The Morgan fingerprint density at radius 2 is 2.31 bits per heavy atom. The molecule has 2 N–H and O–H groups in total. The standard InChI is InChI=1S/C10H11BClNO3/c12-7-2-1-6-8(5-13)16-11-9(6)10(7)14-3-4-15-11/h1-2,8H,3-5,13H2/t8-/m1/s1. The SMILES string of the molecule is NC[C@H]1OB2OCCOc3c(Cl)ccc1c32. The molecule has 2 heterocycles. The van der Waals surface area contributed by atoms with E-state index in [1.807, 2.05) is 12.1 Å². The molecule has 0 saturated carbocycles. The summed E-state index contributed by atoms with van der Waals surface area (Å²) >= 11 is 6.10. The van der Waals surface area contributed by atoms with Crippen LogP contribution in [0.15, 0.2) is 12.1 Å². The third kappa shape index (κ3) is 1.43. The van der Waals surface area contributed by atoms with Crippen molar-refractivity contribution in [3.63, 3.8) is 0 Å². The van der Waals surface area contributed by atoms with Crippen LogP contribution in [0.25, 0.3) is 0 Å². The summed E-state index contributed by atoms with van der Waals surface area (Å²) in [6.07, 6.45) is -0.127. The number of rotatable bonds is 1. The summed E-state index contributed by atoms with van der Waals surface area (Å²) in [5.41, 5.74) is 7.58. The first-order chi connectivity index (χ1) is 7.81. The lowest BCUT2D eigenvalue weighted by atomic mass is 9.78. The second-order valence-corrected chi connectivity index (χ2v) is 4.20. The Bertz CT molecular complexity index is 429. The molecule has 3 rings (SSSR count). The fourth-order valence-corrected chi connectivity index (χ4v) is 2.37. The van der Waals surface area contributed by atoms with E-state index in [1.54, 1.807) is 0 Å². The van der Waals surface area contributed by atoms with E-state index in [4.69, 9.17) is 31.4 Å². The van der Waals surface area contributed by atoms with Gasteiger partial charge in [-0.05, 0) is 11.6 Å². The van der Waals surface area contributed by atoms with Crippen LogP contribution in [-0.4, -0.2) is 26.9 Å². The third-order valence-electron chi connectivity index (χ3n) is 2.87. The fourth-order valence-electron chi connectivity index (χ4n) is 2.15. The average molecular weight is 239 g/mol. The van der Waals surface area contributed by atoms with Crippen molar-refractivity contribution < 1.29 is 14.0 Å². The fraction of sp³-hybridized carbons (Fsp3) is 0.400. The molecule has 0 bridgehead atoms. The molecule has 0 fully saturated rings. The molecule has 1 aromatic rings. The van der Waals surface area contributed by atoms with Gasteiger partial charge in [0.05, 0.1) is 17.7 Å². The molecule has 0 aromatic heterocycles. The maximum atomic E-state index is 6.10. The van der Waals surface area contributed by atoms with E-state index in [0.29, 0.717) is 30.5 Å². The summed E-state index contributed by atoms with van der Waals surface area (Å²) in [5, 5.41) is 0.593. The first-order valence-corrected chi connectivity index (χ1v) is 5.61. The number of hydrogen-bond acceptors (Lipinski definition) is 4. The van der Waals surface area contributed by atoms with Crippen LogP contribution >= 0.6 is 11.6 Å². The van der Waals surface area contributed by atoms with Gasteiger partial charge in [-0.1, -0.05) is 17.7 Å². The van der Waals surface area contributed by atoms with Gasteiger partial charge < -0.3 is 19.8 Å². The van der Waals surface area contributed by atoms with Gasteiger partial charge in [0.1, 0.15) is 12.4 Å². The zero-order valence-electron chi connectivity index (χ0n) is 8.61. The van der Waals surface area contributed by atoms with Gasteiger partial charge in [-0.2, -0.15) is 0 Å². The molecule has 84 valence electrons. The molecular formula is C10H11BClNO3. The van der Waals surface area contributed by atoms with Crippen LogP contribution < -0.4 is 15.9 Å². The van der Waals surface area contributed by atoms with Crippen LogP contribution in [0.3, 0.4) is 0 Å². The molecular weight excluding hydrogens is 228 g/mol. The van der Waals surface area contributed by atoms with Gasteiger partial charge in [-0.15, -0.1) is 0 Å². The van der Waals surface area contributed by atoms with Crippen molar-refractivity contribution in [1.82, 2.24) is 0 Å². The van der Waals surface area contributed by atoms with Crippen molar-refractivity contribution in [3.8, 4) is 5.75 Å². The topological polar surface area (TPSA) is 53.7 Å². The van der Waals surface area contributed by atoms with Crippen LogP contribution in [0.1, 0.15) is 11.7 Å². The zero-order valence-corrected chi connectivity index (χ0v) is 9.37.